The molecule has 0 aliphatic heterocycles. The van der Waals surface area contributed by atoms with Crippen LogP contribution in [-0.2, 0) is 0 Å². The van der Waals surface area contributed by atoms with Gasteiger partial charge in [0, 0.05) is 17.6 Å². The van der Waals surface area contributed by atoms with Crippen LogP contribution >= 0.6 is 15.9 Å². The fraction of sp³-hybridized carbons (Fsp3) is 0.500. The van der Waals surface area contributed by atoms with Crippen molar-refractivity contribution in [2.75, 3.05) is 13.2 Å². The van der Waals surface area contributed by atoms with Crippen LogP contribution in [0.3, 0.4) is 0 Å². The Balaban J connectivity index is 2.60. The van der Waals surface area contributed by atoms with Gasteiger partial charge in [0.2, 0.25) is 0 Å². The number of aliphatic hydroxyl groups is 1. The lowest BCUT2D eigenvalue weighted by Crippen LogP contribution is -2.34. The Labute approximate surface area is 121 Å². The zero-order valence-corrected chi connectivity index (χ0v) is 12.8. The molecule has 1 aromatic rings. The number of amides is 1. The molecule has 0 atom stereocenters. The molecule has 0 radical (unpaired) electrons. The second-order valence-electron chi connectivity index (χ2n) is 5.30. The molecule has 0 aliphatic carbocycles. The van der Waals surface area contributed by atoms with Crippen molar-refractivity contribution in [2.45, 2.75) is 26.7 Å². The van der Waals surface area contributed by atoms with E-state index in [1.165, 1.54) is 18.2 Å². The number of hydrogen-bond donors (Lipinski definition) is 2. The summed E-state index contributed by atoms with van der Waals surface area (Å²) in [6.07, 6.45) is 1.54. The summed E-state index contributed by atoms with van der Waals surface area (Å²) >= 11 is 3.18. The zero-order valence-electron chi connectivity index (χ0n) is 11.2. The summed E-state index contributed by atoms with van der Waals surface area (Å²) < 4.78 is 13.4. The van der Waals surface area contributed by atoms with E-state index in [9.17, 15) is 9.18 Å². The molecule has 0 fully saturated rings. The maximum absolute atomic E-state index is 12.9. The zero-order chi connectivity index (χ0) is 14.5. The van der Waals surface area contributed by atoms with Crippen LogP contribution in [0.5, 0.6) is 0 Å². The Hall–Kier alpha value is -0.940. The number of halogens is 2. The number of carbonyl (C=O) groups excluding carboxylic acids is 1. The SMILES string of the molecule is CC(C)(CCCO)CNC(=O)c1ccc(F)cc1Br. The van der Waals surface area contributed by atoms with E-state index in [-0.39, 0.29) is 23.7 Å². The van der Waals surface area contributed by atoms with Gasteiger partial charge in [0.15, 0.2) is 0 Å². The van der Waals surface area contributed by atoms with E-state index in [1.807, 2.05) is 13.8 Å². The minimum Gasteiger partial charge on any atom is -0.396 e. The highest BCUT2D eigenvalue weighted by molar-refractivity contribution is 9.10. The van der Waals surface area contributed by atoms with Gasteiger partial charge in [0.1, 0.15) is 5.82 Å². The molecule has 1 aromatic carbocycles. The molecule has 0 aliphatic rings. The van der Waals surface area contributed by atoms with Crippen LogP contribution in [0.2, 0.25) is 0 Å². The molecular weight excluding hydrogens is 313 g/mol. The third kappa shape index (κ3) is 5.28. The van der Waals surface area contributed by atoms with Crippen molar-refractivity contribution in [3.8, 4) is 0 Å². The Morgan fingerprint density at radius 3 is 2.74 bits per heavy atom. The minimum atomic E-state index is -0.383. The van der Waals surface area contributed by atoms with E-state index in [1.54, 1.807) is 0 Å². The van der Waals surface area contributed by atoms with Crippen LogP contribution < -0.4 is 5.32 Å². The first-order chi connectivity index (χ1) is 8.85. The lowest BCUT2D eigenvalue weighted by atomic mass is 9.88. The van der Waals surface area contributed by atoms with Gasteiger partial charge in [-0.25, -0.2) is 4.39 Å². The predicted molar refractivity (Wildman–Crippen MR) is 76.5 cm³/mol. The van der Waals surface area contributed by atoms with Gasteiger partial charge in [-0.15, -0.1) is 0 Å². The standard InChI is InChI=1S/C14H19BrFNO2/c1-14(2,6-3-7-18)9-17-13(19)11-5-4-10(16)8-12(11)15/h4-5,8,18H,3,6-7,9H2,1-2H3,(H,17,19). The molecule has 2 N–H and O–H groups in total. The molecule has 106 valence electrons. The summed E-state index contributed by atoms with van der Waals surface area (Å²) in [7, 11) is 0. The van der Waals surface area contributed by atoms with Crippen molar-refractivity contribution in [2.24, 2.45) is 5.41 Å². The lowest BCUT2D eigenvalue weighted by molar-refractivity contribution is 0.0932. The Bertz CT molecular complexity index is 449. The first-order valence-electron chi connectivity index (χ1n) is 6.20. The Morgan fingerprint density at radius 2 is 2.16 bits per heavy atom. The van der Waals surface area contributed by atoms with Crippen molar-refractivity contribution < 1.29 is 14.3 Å². The van der Waals surface area contributed by atoms with Crippen LogP contribution in [0, 0.1) is 11.2 Å². The monoisotopic (exact) mass is 331 g/mol. The average molecular weight is 332 g/mol. The summed E-state index contributed by atoms with van der Waals surface area (Å²) in [6.45, 7) is 4.72. The molecule has 0 spiro atoms. The third-order valence-corrected chi connectivity index (χ3v) is 3.57. The highest BCUT2D eigenvalue weighted by atomic mass is 79.9. The Kier molecular flexibility index (Phi) is 5.94. The molecule has 0 aromatic heterocycles. The van der Waals surface area contributed by atoms with E-state index in [4.69, 9.17) is 5.11 Å². The van der Waals surface area contributed by atoms with Crippen LogP contribution in [0.4, 0.5) is 4.39 Å². The fourth-order valence-electron chi connectivity index (χ4n) is 1.73. The number of nitrogens with one attached hydrogen (secondary N) is 1. The second-order valence-corrected chi connectivity index (χ2v) is 6.15. The van der Waals surface area contributed by atoms with Crippen LogP contribution in [-0.4, -0.2) is 24.2 Å². The topological polar surface area (TPSA) is 49.3 Å². The van der Waals surface area contributed by atoms with Crippen molar-refractivity contribution in [1.82, 2.24) is 5.32 Å². The highest BCUT2D eigenvalue weighted by Crippen LogP contribution is 2.22. The number of benzene rings is 1. The molecular formula is C14H19BrFNO2. The van der Waals surface area contributed by atoms with Gasteiger partial charge in [-0.3, -0.25) is 4.79 Å². The summed E-state index contributed by atoms with van der Waals surface area (Å²) in [6, 6.07) is 3.98. The van der Waals surface area contributed by atoms with Gasteiger partial charge >= 0.3 is 0 Å². The van der Waals surface area contributed by atoms with Crippen LogP contribution in [0.25, 0.3) is 0 Å². The third-order valence-electron chi connectivity index (χ3n) is 2.91. The fourth-order valence-corrected chi connectivity index (χ4v) is 2.27. The molecule has 1 rings (SSSR count). The van der Waals surface area contributed by atoms with Gasteiger partial charge in [-0.2, -0.15) is 0 Å². The molecule has 19 heavy (non-hydrogen) atoms. The molecule has 0 heterocycles. The first kappa shape index (κ1) is 16.1. The van der Waals surface area contributed by atoms with Crippen molar-refractivity contribution in [1.29, 1.82) is 0 Å². The Morgan fingerprint density at radius 1 is 1.47 bits per heavy atom. The summed E-state index contributed by atoms with van der Waals surface area (Å²) in [5, 5.41) is 11.7. The van der Waals surface area contributed by atoms with E-state index in [0.717, 1.165) is 6.42 Å². The number of carbonyl (C=O) groups is 1. The van der Waals surface area contributed by atoms with Crippen molar-refractivity contribution in [3.05, 3.63) is 34.1 Å². The largest absolute Gasteiger partial charge is 0.396 e. The second kappa shape index (κ2) is 7.01. The molecule has 0 bridgehead atoms. The normalized spacial score (nSPS) is 11.4. The molecule has 1 amide bonds. The molecule has 0 saturated heterocycles. The lowest BCUT2D eigenvalue weighted by Gasteiger charge is -2.24. The molecule has 0 saturated carbocycles. The predicted octanol–water partition coefficient (Wildman–Crippen LogP) is 3.12. The summed E-state index contributed by atoms with van der Waals surface area (Å²) in [4.78, 5) is 12.0. The molecule has 5 heteroatoms. The number of aliphatic hydroxyl groups excluding tert-OH is 1. The molecule has 3 nitrogen and oxygen atoms in total. The minimum absolute atomic E-state index is 0.0785. The quantitative estimate of drug-likeness (QED) is 0.841. The van der Waals surface area contributed by atoms with Gasteiger partial charge in [-0.1, -0.05) is 13.8 Å². The van der Waals surface area contributed by atoms with E-state index < -0.39 is 0 Å². The van der Waals surface area contributed by atoms with Crippen LogP contribution in [0.15, 0.2) is 22.7 Å². The summed E-state index contributed by atoms with van der Waals surface area (Å²) in [5.41, 5.74) is 0.338. The van der Waals surface area contributed by atoms with E-state index in [0.29, 0.717) is 23.0 Å². The number of rotatable bonds is 6. The first-order valence-corrected chi connectivity index (χ1v) is 6.99. The van der Waals surface area contributed by atoms with Gasteiger partial charge in [-0.05, 0) is 52.4 Å². The van der Waals surface area contributed by atoms with E-state index in [2.05, 4.69) is 21.2 Å². The average Bonchev–Trinajstić information content (AvgIpc) is 2.34. The van der Waals surface area contributed by atoms with Crippen molar-refractivity contribution >= 4 is 21.8 Å². The van der Waals surface area contributed by atoms with E-state index >= 15 is 0 Å². The van der Waals surface area contributed by atoms with Crippen LogP contribution in [0.1, 0.15) is 37.0 Å². The smallest absolute Gasteiger partial charge is 0.252 e. The van der Waals surface area contributed by atoms with Gasteiger partial charge in [0.05, 0.1) is 5.56 Å². The maximum atomic E-state index is 12.9. The highest BCUT2D eigenvalue weighted by Gasteiger charge is 2.19. The number of hydrogen-bond acceptors (Lipinski definition) is 2. The van der Waals surface area contributed by atoms with Crippen molar-refractivity contribution in [3.63, 3.8) is 0 Å². The molecule has 0 unspecified atom stereocenters. The summed E-state index contributed by atoms with van der Waals surface area (Å²) in [5.74, 6) is -0.615. The van der Waals surface area contributed by atoms with Gasteiger partial charge < -0.3 is 10.4 Å². The maximum Gasteiger partial charge on any atom is 0.252 e. The van der Waals surface area contributed by atoms with Gasteiger partial charge in [0.25, 0.3) is 5.91 Å².